The van der Waals surface area contributed by atoms with Gasteiger partial charge in [-0.15, -0.1) is 0 Å². The summed E-state index contributed by atoms with van der Waals surface area (Å²) in [5.74, 6) is 7.79. The standard InChI is InChI=1S/2C12H18.C11H17N.C11H16.C10H21N.C10H22.C9H20.C7H15NO.C7H17N.C7H16.6CH4/c1-4-11-5-7-12(8-6-11)9-10(2)3;1-4-11-6-5-7-12(9-11)8-10(2)3;1-9(2)7-10-5-3-4-6-11(10)8-12;1-4-10-5-7-11(8-6-10)9(2)3;1-9(2)7-5-4-6-8-10(3)11;1-4-5-6-7-8-9-10(2)3;1-4-5-6-7-8-9(2)3;1-6(2)4-3-5-7(8)9;1-7(2)5-3-4-6-8;1-4-5-6-7(2)3;;;;;;/h5-8,10H,4,9H2,1-3H3;5-7,9-10H,4,8H2,1-3H3;3-6,9H,7-8,12H2,1-2H3;5-9H,4H2,1-3H3;9,11H,4-8H2,1-3H3;10H,4-9H2,1-3H3;9H,4-8H2,1-3H3;6H,3-5H2,1-2H3,(H2,8,9);7H,3-6,8H2,1-2H3;7H,4-6H2,1-3H3;6*1H4. The number of benzene rings is 4. The van der Waals surface area contributed by atoms with Crippen LogP contribution in [0.15, 0.2) is 97.1 Å². The van der Waals surface area contributed by atoms with Crippen molar-refractivity contribution in [3.05, 3.63) is 142 Å². The Morgan fingerprint density at radius 2 is 0.654 bits per heavy atom. The fourth-order valence-electron chi connectivity index (χ4n) is 10.6. The third-order valence-electron chi connectivity index (χ3n) is 17.1. The van der Waals surface area contributed by atoms with Crippen molar-refractivity contribution in [2.45, 2.75) is 443 Å². The van der Waals surface area contributed by atoms with Crippen molar-refractivity contribution < 1.29 is 4.79 Å². The van der Waals surface area contributed by atoms with Crippen molar-refractivity contribution in [2.24, 2.45) is 70.5 Å². The van der Waals surface area contributed by atoms with Gasteiger partial charge in [0.1, 0.15) is 0 Å². The van der Waals surface area contributed by atoms with Crippen molar-refractivity contribution in [3.8, 4) is 0 Å². The lowest BCUT2D eigenvalue weighted by molar-refractivity contribution is -0.118. The van der Waals surface area contributed by atoms with Gasteiger partial charge in [-0.05, 0) is 181 Å². The lowest BCUT2D eigenvalue weighted by atomic mass is 9.98. The number of carbonyl (C=O) groups is 1. The fraction of sp³-hybridized carbons (Fsp3) is 0.745. The van der Waals surface area contributed by atoms with Crippen molar-refractivity contribution in [3.63, 3.8) is 0 Å². The summed E-state index contributed by atoms with van der Waals surface area (Å²) in [6, 6.07) is 35.2. The molecule has 0 aromatic heterocycles. The number of rotatable bonds is 39. The second-order valence-electron chi connectivity index (χ2n) is 32.9. The molecule has 0 aliphatic carbocycles. The minimum Gasteiger partial charge on any atom is -0.370 e. The smallest absolute Gasteiger partial charge is 0.217 e. The van der Waals surface area contributed by atoms with Crippen LogP contribution in [-0.4, -0.2) is 18.2 Å². The molecule has 107 heavy (non-hydrogen) atoms. The van der Waals surface area contributed by atoms with E-state index < -0.39 is 0 Å². The SMILES string of the molecule is C.C.C.C.C.C.CC(=N)CCCCCC(C)C.CC(C)CCCC(N)=O.CC(C)CCCCN.CC(C)Cc1ccccc1CN.CCCCC(C)C.CCCCCCC(C)C.CCCCCCCC(C)C.CCc1ccc(C(C)C)cc1.CCc1ccc(CC(C)C)cc1.CCc1cccc(CC(C)C)c1. The summed E-state index contributed by atoms with van der Waals surface area (Å²) >= 11 is 0. The van der Waals surface area contributed by atoms with Gasteiger partial charge in [-0.2, -0.15) is 0 Å². The molecule has 0 aliphatic heterocycles. The average Bonchev–Trinajstić information content (AvgIpc) is 0.916. The molecule has 4 aromatic rings. The molecule has 7 N–H and O–H groups in total. The number of hydrogen-bond donors (Lipinski definition) is 4. The molecular formula is C102H204N4O. The number of carbonyl (C=O) groups excluding carboxylic acids is 1. The highest BCUT2D eigenvalue weighted by atomic mass is 16.1. The molecule has 0 saturated carbocycles. The summed E-state index contributed by atoms with van der Waals surface area (Å²) in [5.41, 5.74) is 28.1. The molecule has 0 unspecified atom stereocenters. The average molecular weight is 1500 g/mol. The highest BCUT2D eigenvalue weighted by Crippen LogP contribution is 2.18. The van der Waals surface area contributed by atoms with Crippen LogP contribution >= 0.6 is 0 Å². The lowest BCUT2D eigenvalue weighted by Crippen LogP contribution is -2.09. The zero-order valence-corrected chi connectivity index (χ0v) is 73.0. The lowest BCUT2D eigenvalue weighted by Gasteiger charge is -2.09. The summed E-state index contributed by atoms with van der Waals surface area (Å²) < 4.78 is 0. The van der Waals surface area contributed by atoms with Gasteiger partial charge in [0.2, 0.25) is 5.91 Å². The topological polar surface area (TPSA) is 119 Å². The van der Waals surface area contributed by atoms with Gasteiger partial charge in [0.05, 0.1) is 0 Å². The molecule has 4 rings (SSSR count). The molecule has 4 aromatic carbocycles. The maximum atomic E-state index is 10.2. The first-order valence-corrected chi connectivity index (χ1v) is 42.3. The Labute approximate surface area is 679 Å². The van der Waals surface area contributed by atoms with Crippen LogP contribution in [0, 0.1) is 58.7 Å². The zero-order valence-electron chi connectivity index (χ0n) is 73.0. The number of hydrogen-bond acceptors (Lipinski definition) is 4. The van der Waals surface area contributed by atoms with E-state index in [9.17, 15) is 4.79 Å². The molecule has 0 fully saturated rings. The molecule has 5 nitrogen and oxygen atoms in total. The first-order valence-electron chi connectivity index (χ1n) is 42.3. The second-order valence-corrected chi connectivity index (χ2v) is 32.9. The van der Waals surface area contributed by atoms with Gasteiger partial charge in [-0.25, -0.2) is 0 Å². The molecule has 0 spiro atoms. The van der Waals surface area contributed by atoms with Crippen molar-refractivity contribution in [1.82, 2.24) is 0 Å². The molecule has 0 saturated heterocycles. The molecule has 1 amide bonds. The monoisotopic (exact) mass is 1500 g/mol. The van der Waals surface area contributed by atoms with Crippen LogP contribution in [0.2, 0.25) is 0 Å². The van der Waals surface area contributed by atoms with E-state index in [1.54, 1.807) is 0 Å². The molecule has 5 heteroatoms. The minimum atomic E-state index is -0.185. The molecule has 0 atom stereocenters. The van der Waals surface area contributed by atoms with E-state index in [0.717, 1.165) is 98.6 Å². The summed E-state index contributed by atoms with van der Waals surface area (Å²) in [4.78, 5) is 10.2. The highest BCUT2D eigenvalue weighted by molar-refractivity contribution is 5.78. The van der Waals surface area contributed by atoms with Crippen LogP contribution < -0.4 is 17.2 Å². The maximum absolute atomic E-state index is 10.2. The van der Waals surface area contributed by atoms with Crippen molar-refractivity contribution in [2.75, 3.05) is 6.54 Å². The Bertz CT molecular complexity index is 2280. The normalized spacial score (nSPS) is 9.97. The van der Waals surface area contributed by atoms with Gasteiger partial charge >= 0.3 is 0 Å². The number of primary amides is 1. The number of unbranched alkanes of at least 4 members (excludes halogenated alkanes) is 11. The molecule has 0 heterocycles. The third-order valence-corrected chi connectivity index (χ3v) is 17.1. The second kappa shape index (κ2) is 94.3. The van der Waals surface area contributed by atoms with E-state index in [4.69, 9.17) is 22.6 Å². The van der Waals surface area contributed by atoms with E-state index in [1.165, 1.54) is 192 Å². The van der Waals surface area contributed by atoms with Gasteiger partial charge in [0, 0.05) is 18.7 Å². The minimum absolute atomic E-state index is 0. The first kappa shape index (κ1) is 129. The molecular weight excluding hydrogens is 1300 g/mol. The summed E-state index contributed by atoms with van der Waals surface area (Å²) in [7, 11) is 0. The van der Waals surface area contributed by atoms with Crippen LogP contribution in [-0.2, 0) is 49.9 Å². The van der Waals surface area contributed by atoms with E-state index >= 15 is 0 Å². The maximum Gasteiger partial charge on any atom is 0.217 e. The largest absolute Gasteiger partial charge is 0.370 e. The van der Waals surface area contributed by atoms with Crippen LogP contribution in [0.1, 0.15) is 442 Å². The summed E-state index contributed by atoms with van der Waals surface area (Å²) in [6.45, 7) is 61.7. The molecule has 0 aliphatic rings. The summed E-state index contributed by atoms with van der Waals surface area (Å²) in [5, 5.41) is 7.21. The van der Waals surface area contributed by atoms with Crippen molar-refractivity contribution >= 4 is 11.6 Å². The molecule has 638 valence electrons. The first-order chi connectivity index (χ1) is 47.7. The van der Waals surface area contributed by atoms with Crippen LogP contribution in [0.25, 0.3) is 0 Å². The van der Waals surface area contributed by atoms with Gasteiger partial charge in [0.15, 0.2) is 0 Å². The molecule has 0 bridgehead atoms. The highest BCUT2D eigenvalue weighted by Gasteiger charge is 2.04. The van der Waals surface area contributed by atoms with E-state index in [0.29, 0.717) is 30.7 Å². The van der Waals surface area contributed by atoms with Gasteiger partial charge in [-0.1, -0.05) is 450 Å². The fourth-order valence-corrected chi connectivity index (χ4v) is 10.6. The van der Waals surface area contributed by atoms with Gasteiger partial charge in [-0.3, -0.25) is 4.79 Å². The van der Waals surface area contributed by atoms with Crippen molar-refractivity contribution in [1.29, 1.82) is 5.41 Å². The Balaban J connectivity index is -0.0000000935. The third kappa shape index (κ3) is 108. The van der Waals surface area contributed by atoms with Crippen LogP contribution in [0.5, 0.6) is 0 Å². The quantitative estimate of drug-likeness (QED) is 0.0263. The van der Waals surface area contributed by atoms with Gasteiger partial charge < -0.3 is 22.6 Å². The Morgan fingerprint density at radius 1 is 0.327 bits per heavy atom. The van der Waals surface area contributed by atoms with E-state index in [1.807, 2.05) is 13.0 Å². The Kier molecular flexibility index (Phi) is 114. The zero-order chi connectivity index (χ0) is 78.2. The predicted octanol–water partition coefficient (Wildman–Crippen LogP) is 33.6. The Morgan fingerprint density at radius 3 is 0.991 bits per heavy atom. The van der Waals surface area contributed by atoms with E-state index in [-0.39, 0.29) is 50.5 Å². The Hall–Kier alpha value is -4.06. The van der Waals surface area contributed by atoms with Crippen LogP contribution in [0.4, 0.5) is 0 Å². The van der Waals surface area contributed by atoms with Crippen LogP contribution in [0.3, 0.4) is 0 Å². The number of amides is 1. The summed E-state index contributed by atoms with van der Waals surface area (Å²) in [6.07, 6.45) is 39.3. The molecule has 0 radical (unpaired) electrons. The van der Waals surface area contributed by atoms with Gasteiger partial charge in [0.25, 0.3) is 0 Å². The predicted molar refractivity (Wildman–Crippen MR) is 505 cm³/mol. The number of nitrogens with one attached hydrogen (secondary N) is 1. The number of aryl methyl sites for hydroxylation is 3. The van der Waals surface area contributed by atoms with E-state index in [2.05, 4.69) is 271 Å². The number of nitrogens with two attached hydrogens (primary N) is 3.